The van der Waals surface area contributed by atoms with Gasteiger partial charge in [0.15, 0.2) is 0 Å². The second-order valence-corrected chi connectivity index (χ2v) is 4.75. The van der Waals surface area contributed by atoms with Gasteiger partial charge in [-0.05, 0) is 43.4 Å². The van der Waals surface area contributed by atoms with Crippen LogP contribution in [0.4, 0.5) is 5.69 Å². The summed E-state index contributed by atoms with van der Waals surface area (Å²) in [6.45, 7) is 0. The summed E-state index contributed by atoms with van der Waals surface area (Å²) in [5.74, 6) is 0. The first kappa shape index (κ1) is 11.4. The van der Waals surface area contributed by atoms with E-state index in [1.165, 1.54) is 24.2 Å². The highest BCUT2D eigenvalue weighted by Crippen LogP contribution is 2.30. The molecule has 1 aliphatic heterocycles. The number of benzene rings is 1. The monoisotopic (exact) mass is 246 g/mol. The van der Waals surface area contributed by atoms with Crippen LogP contribution in [0.3, 0.4) is 0 Å². The van der Waals surface area contributed by atoms with Gasteiger partial charge in [0.05, 0.1) is 5.69 Å². The molecule has 0 radical (unpaired) electrons. The normalized spacial score (nSPS) is 19.2. The first-order valence-corrected chi connectivity index (χ1v) is 6.25. The molecule has 0 unspecified atom stereocenters. The summed E-state index contributed by atoms with van der Waals surface area (Å²) >= 11 is 0. The summed E-state index contributed by atoms with van der Waals surface area (Å²) in [4.78, 5) is 0. The van der Waals surface area contributed by atoms with Gasteiger partial charge in [-0.1, -0.05) is 12.1 Å². The number of hydrogen-bond donors (Lipinski definition) is 3. The summed E-state index contributed by atoms with van der Waals surface area (Å²) < 4.78 is 0. The van der Waals surface area contributed by atoms with Crippen molar-refractivity contribution in [3.8, 4) is 0 Å². The van der Waals surface area contributed by atoms with Gasteiger partial charge in [0.1, 0.15) is 6.17 Å². The number of nitrogens with one attached hydrogen (secondary N) is 2. The maximum atomic E-state index is 10.7. The van der Waals surface area contributed by atoms with Gasteiger partial charge in [0, 0.05) is 11.4 Å². The van der Waals surface area contributed by atoms with Crippen LogP contribution in [0.25, 0.3) is 0 Å². The average Bonchev–Trinajstić information content (AvgIpc) is 2.82. The van der Waals surface area contributed by atoms with Crippen molar-refractivity contribution in [2.24, 2.45) is 0 Å². The van der Waals surface area contributed by atoms with Crippen molar-refractivity contribution in [2.45, 2.75) is 31.8 Å². The van der Waals surface area contributed by atoms with Crippen LogP contribution >= 0.6 is 0 Å². The molecule has 0 saturated carbocycles. The van der Waals surface area contributed by atoms with Crippen molar-refractivity contribution in [2.75, 3.05) is 5.23 Å². The lowest BCUT2D eigenvalue weighted by Crippen LogP contribution is -2.23. The molecule has 0 fully saturated rings. The predicted molar refractivity (Wildman–Crippen MR) is 68.6 cm³/mol. The van der Waals surface area contributed by atoms with Crippen molar-refractivity contribution >= 4 is 5.69 Å². The third-order valence-electron chi connectivity index (χ3n) is 3.55. The quantitative estimate of drug-likeness (QED) is 0.699. The summed E-state index contributed by atoms with van der Waals surface area (Å²) in [5.41, 5.74) is 3.95. The van der Waals surface area contributed by atoms with Crippen LogP contribution in [0.15, 0.2) is 35.7 Å². The second kappa shape index (κ2) is 4.51. The summed E-state index contributed by atoms with van der Waals surface area (Å²) in [7, 11) is 0. The molecule has 1 heterocycles. The molecule has 1 aromatic rings. The van der Waals surface area contributed by atoms with Crippen LogP contribution in [0.2, 0.25) is 0 Å². The topological polar surface area (TPSA) is 70.6 Å². The van der Waals surface area contributed by atoms with E-state index in [0.29, 0.717) is 0 Å². The van der Waals surface area contributed by atoms with Crippen LogP contribution < -0.4 is 15.9 Å². The Labute approximate surface area is 106 Å². The smallest absolute Gasteiger partial charge is 0.123 e. The fraction of sp³-hybridized carbons (Fsp3) is 0.385. The minimum absolute atomic E-state index is 0.0842. The molecular weight excluding hydrogens is 230 g/mol. The van der Waals surface area contributed by atoms with E-state index in [4.69, 9.17) is 5.21 Å². The Kier molecular flexibility index (Phi) is 2.85. The van der Waals surface area contributed by atoms with E-state index in [-0.39, 0.29) is 17.1 Å². The Morgan fingerprint density at radius 1 is 1.06 bits per heavy atom. The van der Waals surface area contributed by atoms with E-state index in [9.17, 15) is 5.21 Å². The van der Waals surface area contributed by atoms with Crippen molar-refractivity contribution in [1.29, 1.82) is 0 Å². The maximum absolute atomic E-state index is 10.7. The van der Waals surface area contributed by atoms with Gasteiger partial charge < -0.3 is 21.1 Å². The molecule has 5 nitrogen and oxygen atoms in total. The average molecular weight is 246 g/mol. The molecule has 0 aromatic heterocycles. The van der Waals surface area contributed by atoms with Crippen LogP contribution in [0.5, 0.6) is 0 Å². The van der Waals surface area contributed by atoms with E-state index in [1.54, 1.807) is 12.1 Å². The van der Waals surface area contributed by atoms with Crippen LogP contribution in [0, 0.1) is 5.21 Å². The Bertz CT molecular complexity index is 450. The molecule has 0 amide bonds. The Morgan fingerprint density at radius 3 is 2.11 bits per heavy atom. The minimum Gasteiger partial charge on any atom is -0.733 e. The number of nitrogens with zero attached hydrogens (tertiary/aromatic N) is 1. The van der Waals surface area contributed by atoms with Crippen molar-refractivity contribution in [3.63, 3.8) is 0 Å². The molecule has 2 aliphatic rings. The number of anilines is 1. The van der Waals surface area contributed by atoms with Gasteiger partial charge in [-0.3, -0.25) is 5.21 Å². The third-order valence-corrected chi connectivity index (χ3v) is 3.55. The summed E-state index contributed by atoms with van der Waals surface area (Å²) in [5, 5.41) is 26.3. The molecule has 5 heteroatoms. The SMILES string of the molecule is [O-]N(O)c1ccc(C2NC3=C(CCCC3)N2)cc1. The highest BCUT2D eigenvalue weighted by molar-refractivity contribution is 5.46. The highest BCUT2D eigenvalue weighted by atomic mass is 16.8. The third kappa shape index (κ3) is 2.02. The van der Waals surface area contributed by atoms with Gasteiger partial charge in [0.2, 0.25) is 0 Å². The fourth-order valence-electron chi connectivity index (χ4n) is 2.57. The largest absolute Gasteiger partial charge is 0.733 e. The zero-order chi connectivity index (χ0) is 12.5. The van der Waals surface area contributed by atoms with Crippen LogP contribution in [-0.4, -0.2) is 5.21 Å². The van der Waals surface area contributed by atoms with E-state index in [1.807, 2.05) is 12.1 Å². The van der Waals surface area contributed by atoms with Gasteiger partial charge >= 0.3 is 0 Å². The van der Waals surface area contributed by atoms with Crippen molar-refractivity contribution < 1.29 is 5.21 Å². The van der Waals surface area contributed by atoms with Gasteiger partial charge in [-0.15, -0.1) is 0 Å². The molecule has 3 rings (SSSR count). The molecule has 0 bridgehead atoms. The standard InChI is InChI=1S/C13H16N3O2/c17-16(18)10-7-5-9(6-8-10)13-14-11-3-1-2-4-12(11)15-13/h5-8,13-15,17H,1-4H2/q-1. The zero-order valence-electron chi connectivity index (χ0n) is 10.0. The highest BCUT2D eigenvalue weighted by Gasteiger charge is 2.25. The van der Waals surface area contributed by atoms with Gasteiger partial charge in [0.25, 0.3) is 0 Å². The molecule has 18 heavy (non-hydrogen) atoms. The number of rotatable bonds is 2. The lowest BCUT2D eigenvalue weighted by atomic mass is 10.0. The van der Waals surface area contributed by atoms with Crippen molar-refractivity contribution in [3.05, 3.63) is 46.4 Å². The fourth-order valence-corrected chi connectivity index (χ4v) is 2.57. The molecule has 0 atom stereocenters. The number of hydrogen-bond acceptors (Lipinski definition) is 5. The number of allylic oxidation sites excluding steroid dienone is 2. The second-order valence-electron chi connectivity index (χ2n) is 4.75. The van der Waals surface area contributed by atoms with E-state index in [2.05, 4.69) is 10.6 Å². The lowest BCUT2D eigenvalue weighted by Gasteiger charge is -2.22. The molecule has 96 valence electrons. The zero-order valence-corrected chi connectivity index (χ0v) is 10.0. The molecular formula is C13H16N3O2-. The Hall–Kier alpha value is -1.72. The first-order valence-electron chi connectivity index (χ1n) is 6.25. The molecule has 1 aliphatic carbocycles. The lowest BCUT2D eigenvalue weighted by molar-refractivity contribution is 0.296. The predicted octanol–water partition coefficient (Wildman–Crippen LogP) is 2.36. The van der Waals surface area contributed by atoms with E-state index in [0.717, 1.165) is 18.4 Å². The van der Waals surface area contributed by atoms with E-state index >= 15 is 0 Å². The minimum atomic E-state index is -0.122. The maximum Gasteiger partial charge on any atom is 0.123 e. The summed E-state index contributed by atoms with van der Waals surface area (Å²) in [6.07, 6.45) is 4.80. The summed E-state index contributed by atoms with van der Waals surface area (Å²) in [6, 6.07) is 6.92. The molecule has 3 N–H and O–H groups in total. The van der Waals surface area contributed by atoms with Crippen LogP contribution in [-0.2, 0) is 0 Å². The van der Waals surface area contributed by atoms with Crippen molar-refractivity contribution in [1.82, 2.24) is 10.6 Å². The Balaban J connectivity index is 1.73. The van der Waals surface area contributed by atoms with E-state index < -0.39 is 0 Å². The van der Waals surface area contributed by atoms with Gasteiger partial charge in [-0.2, -0.15) is 0 Å². The Morgan fingerprint density at radius 2 is 1.61 bits per heavy atom. The molecule has 0 spiro atoms. The van der Waals surface area contributed by atoms with Crippen LogP contribution in [0.1, 0.15) is 37.4 Å². The van der Waals surface area contributed by atoms with Gasteiger partial charge in [-0.25, -0.2) is 0 Å². The molecule has 1 aromatic carbocycles. The first-order chi connectivity index (χ1) is 8.74. The molecule has 0 saturated heterocycles.